The molecule has 0 aromatic heterocycles. The Bertz CT molecular complexity index is 562. The molecule has 2 atom stereocenters. The number of carbonyl (C=O) groups excluding carboxylic acids is 1. The molecule has 1 saturated heterocycles. The third kappa shape index (κ3) is 3.37. The molecule has 2 unspecified atom stereocenters. The van der Waals surface area contributed by atoms with Crippen molar-refractivity contribution >= 4 is 11.9 Å². The number of halogens is 2. The summed E-state index contributed by atoms with van der Waals surface area (Å²) < 4.78 is 26.5. The summed E-state index contributed by atoms with van der Waals surface area (Å²) in [6, 6.07) is 2.78. The van der Waals surface area contributed by atoms with Crippen LogP contribution in [0, 0.1) is 17.6 Å². The molecule has 1 fully saturated rings. The molecule has 1 heterocycles. The lowest BCUT2D eigenvalue weighted by Gasteiger charge is -2.23. The van der Waals surface area contributed by atoms with Crippen LogP contribution < -0.4 is 0 Å². The van der Waals surface area contributed by atoms with Crippen LogP contribution >= 0.6 is 0 Å². The van der Waals surface area contributed by atoms with Crippen molar-refractivity contribution in [1.29, 1.82) is 0 Å². The van der Waals surface area contributed by atoms with Gasteiger partial charge in [-0.05, 0) is 43.5 Å². The highest BCUT2D eigenvalue weighted by atomic mass is 19.1. The van der Waals surface area contributed by atoms with Gasteiger partial charge in [0.15, 0.2) is 0 Å². The number of hydrogen-bond donors (Lipinski definition) is 1. The lowest BCUT2D eigenvalue weighted by molar-refractivity contribution is -0.143. The van der Waals surface area contributed by atoms with Crippen molar-refractivity contribution in [2.24, 2.45) is 5.92 Å². The number of likely N-dealkylation sites (tertiary alicyclic amines) is 1. The molecule has 114 valence electrons. The van der Waals surface area contributed by atoms with Crippen LogP contribution in [0.3, 0.4) is 0 Å². The molecule has 0 spiro atoms. The van der Waals surface area contributed by atoms with Crippen molar-refractivity contribution in [3.63, 3.8) is 0 Å². The third-order valence-electron chi connectivity index (χ3n) is 4.01. The number of hydrogen-bond acceptors (Lipinski definition) is 2. The SMILES string of the molecule is CC1C(C(=O)O)CCN1C(=O)CCc1cc(F)ccc1F. The number of amides is 1. The fourth-order valence-electron chi connectivity index (χ4n) is 2.74. The van der Waals surface area contributed by atoms with Gasteiger partial charge in [-0.25, -0.2) is 8.78 Å². The van der Waals surface area contributed by atoms with E-state index in [-0.39, 0.29) is 30.4 Å². The van der Waals surface area contributed by atoms with Crippen LogP contribution in [0.5, 0.6) is 0 Å². The summed E-state index contributed by atoms with van der Waals surface area (Å²) in [7, 11) is 0. The number of nitrogens with zero attached hydrogens (tertiary/aromatic N) is 1. The first kappa shape index (κ1) is 15.4. The van der Waals surface area contributed by atoms with Crippen molar-refractivity contribution in [3.8, 4) is 0 Å². The Kier molecular flexibility index (Phi) is 4.55. The van der Waals surface area contributed by atoms with Gasteiger partial charge in [0.25, 0.3) is 0 Å². The van der Waals surface area contributed by atoms with E-state index in [2.05, 4.69) is 0 Å². The minimum atomic E-state index is -0.908. The van der Waals surface area contributed by atoms with Crippen LogP contribution in [0.15, 0.2) is 18.2 Å². The second kappa shape index (κ2) is 6.20. The average Bonchev–Trinajstić information content (AvgIpc) is 2.81. The highest BCUT2D eigenvalue weighted by Gasteiger charge is 2.37. The van der Waals surface area contributed by atoms with Gasteiger partial charge in [-0.1, -0.05) is 0 Å². The minimum Gasteiger partial charge on any atom is -0.481 e. The van der Waals surface area contributed by atoms with E-state index >= 15 is 0 Å². The summed E-state index contributed by atoms with van der Waals surface area (Å²) in [6.07, 6.45) is 0.566. The van der Waals surface area contributed by atoms with Gasteiger partial charge in [0, 0.05) is 19.0 Å². The van der Waals surface area contributed by atoms with Crippen LogP contribution in [0.1, 0.15) is 25.3 Å². The predicted octanol–water partition coefficient (Wildman–Crippen LogP) is 2.22. The Hall–Kier alpha value is -1.98. The molecule has 0 bridgehead atoms. The molecule has 1 aromatic rings. The first-order chi connectivity index (χ1) is 9.90. The standard InChI is InChI=1S/C15H17F2NO3/c1-9-12(15(20)21)6-7-18(9)14(19)5-2-10-8-11(16)3-4-13(10)17/h3-4,8-9,12H,2,5-7H2,1H3,(H,20,21). The first-order valence-electron chi connectivity index (χ1n) is 6.86. The highest BCUT2D eigenvalue weighted by molar-refractivity contribution is 5.79. The first-order valence-corrected chi connectivity index (χ1v) is 6.86. The van der Waals surface area contributed by atoms with E-state index in [0.717, 1.165) is 18.2 Å². The zero-order valence-electron chi connectivity index (χ0n) is 11.7. The van der Waals surface area contributed by atoms with Crippen LogP contribution in [0.4, 0.5) is 8.78 Å². The molecule has 1 aliphatic rings. The van der Waals surface area contributed by atoms with E-state index in [1.807, 2.05) is 0 Å². The van der Waals surface area contributed by atoms with Crippen LogP contribution in [-0.2, 0) is 16.0 Å². The summed E-state index contributed by atoms with van der Waals surface area (Å²) >= 11 is 0. The summed E-state index contributed by atoms with van der Waals surface area (Å²) in [5.74, 6) is -2.77. The van der Waals surface area contributed by atoms with Crippen molar-refractivity contribution < 1.29 is 23.5 Å². The molecule has 0 saturated carbocycles. The van der Waals surface area contributed by atoms with Gasteiger partial charge in [0.1, 0.15) is 11.6 Å². The molecule has 21 heavy (non-hydrogen) atoms. The van der Waals surface area contributed by atoms with E-state index in [0.29, 0.717) is 13.0 Å². The predicted molar refractivity (Wildman–Crippen MR) is 71.6 cm³/mol. The maximum absolute atomic E-state index is 13.5. The van der Waals surface area contributed by atoms with Crippen molar-refractivity contribution in [3.05, 3.63) is 35.4 Å². The molecule has 6 heteroatoms. The zero-order valence-corrected chi connectivity index (χ0v) is 11.7. The Morgan fingerprint density at radius 2 is 2.10 bits per heavy atom. The average molecular weight is 297 g/mol. The van der Waals surface area contributed by atoms with Crippen molar-refractivity contribution in [2.45, 2.75) is 32.2 Å². The number of rotatable bonds is 4. The topological polar surface area (TPSA) is 57.6 Å². The van der Waals surface area contributed by atoms with E-state index in [1.165, 1.54) is 4.90 Å². The quantitative estimate of drug-likeness (QED) is 0.927. The number of aryl methyl sites for hydroxylation is 1. The van der Waals surface area contributed by atoms with E-state index in [1.54, 1.807) is 6.92 Å². The molecular formula is C15H17F2NO3. The van der Waals surface area contributed by atoms with E-state index < -0.39 is 23.5 Å². The normalized spacial score (nSPS) is 21.6. The highest BCUT2D eigenvalue weighted by Crippen LogP contribution is 2.25. The number of aliphatic carboxylic acids is 1. The molecule has 1 aliphatic heterocycles. The van der Waals surface area contributed by atoms with Crippen LogP contribution in [-0.4, -0.2) is 34.5 Å². The number of carbonyl (C=O) groups is 2. The summed E-state index contributed by atoms with van der Waals surface area (Å²) in [6.45, 7) is 2.09. The van der Waals surface area contributed by atoms with Crippen molar-refractivity contribution in [2.75, 3.05) is 6.54 Å². The fourth-order valence-corrected chi connectivity index (χ4v) is 2.74. The Labute approximate surface area is 121 Å². The molecule has 0 aliphatic carbocycles. The third-order valence-corrected chi connectivity index (χ3v) is 4.01. The van der Waals surface area contributed by atoms with Crippen LogP contribution in [0.25, 0.3) is 0 Å². The summed E-state index contributed by atoms with van der Waals surface area (Å²) in [4.78, 5) is 24.6. The van der Waals surface area contributed by atoms with Gasteiger partial charge in [-0.2, -0.15) is 0 Å². The Morgan fingerprint density at radius 3 is 2.71 bits per heavy atom. The van der Waals surface area contributed by atoms with Gasteiger partial charge >= 0.3 is 5.97 Å². The van der Waals surface area contributed by atoms with E-state index in [4.69, 9.17) is 5.11 Å². The summed E-state index contributed by atoms with van der Waals surface area (Å²) in [5.41, 5.74) is 0.157. The van der Waals surface area contributed by atoms with E-state index in [9.17, 15) is 18.4 Å². The lowest BCUT2D eigenvalue weighted by atomic mass is 10.0. The monoisotopic (exact) mass is 297 g/mol. The molecular weight excluding hydrogens is 280 g/mol. The largest absolute Gasteiger partial charge is 0.481 e. The summed E-state index contributed by atoms with van der Waals surface area (Å²) in [5, 5.41) is 9.03. The molecule has 4 nitrogen and oxygen atoms in total. The van der Waals surface area contributed by atoms with Crippen molar-refractivity contribution in [1.82, 2.24) is 4.90 Å². The maximum Gasteiger partial charge on any atom is 0.308 e. The number of carboxylic acids is 1. The second-order valence-electron chi connectivity index (χ2n) is 5.30. The fraction of sp³-hybridized carbons (Fsp3) is 0.467. The lowest BCUT2D eigenvalue weighted by Crippen LogP contribution is -2.37. The number of carboxylic acid groups (broad SMARTS) is 1. The van der Waals surface area contributed by atoms with Gasteiger partial charge < -0.3 is 10.0 Å². The van der Waals surface area contributed by atoms with Crippen LogP contribution in [0.2, 0.25) is 0 Å². The minimum absolute atomic E-state index is 0.0387. The molecule has 1 amide bonds. The van der Waals surface area contributed by atoms with Gasteiger partial charge in [0.05, 0.1) is 5.92 Å². The number of benzene rings is 1. The second-order valence-corrected chi connectivity index (χ2v) is 5.30. The van der Waals surface area contributed by atoms with Gasteiger partial charge in [-0.3, -0.25) is 9.59 Å². The van der Waals surface area contributed by atoms with Gasteiger partial charge in [-0.15, -0.1) is 0 Å². The molecule has 2 rings (SSSR count). The zero-order chi connectivity index (χ0) is 15.6. The molecule has 1 N–H and O–H groups in total. The Morgan fingerprint density at radius 1 is 1.38 bits per heavy atom. The molecule has 0 radical (unpaired) electrons. The van der Waals surface area contributed by atoms with Gasteiger partial charge in [0.2, 0.25) is 5.91 Å². The maximum atomic E-state index is 13.5. The Balaban J connectivity index is 1.96. The smallest absolute Gasteiger partial charge is 0.308 e. The molecule has 1 aromatic carbocycles.